The van der Waals surface area contributed by atoms with Crippen molar-refractivity contribution in [1.29, 1.82) is 0 Å². The molecule has 1 amide bonds. The molecule has 1 heterocycles. The molecule has 3 nitrogen and oxygen atoms in total. The van der Waals surface area contributed by atoms with Gasteiger partial charge in [-0.15, -0.1) is 0 Å². The van der Waals surface area contributed by atoms with Crippen LogP contribution in [-0.4, -0.2) is 19.0 Å². The summed E-state index contributed by atoms with van der Waals surface area (Å²) in [5, 5.41) is 6.59. The quantitative estimate of drug-likeness (QED) is 0.869. The topological polar surface area (TPSA) is 41.1 Å². The standard InChI is InChI=1S/C16H22N2O/c1-16(9-10-17-11-16)15(19)18-14(13-7-8-13)12-5-3-2-4-6-12/h2-6,13-14,17H,7-11H2,1H3,(H,18,19). The molecule has 0 radical (unpaired) electrons. The van der Waals surface area contributed by atoms with Crippen LogP contribution >= 0.6 is 0 Å². The zero-order valence-electron chi connectivity index (χ0n) is 11.5. The van der Waals surface area contributed by atoms with E-state index in [1.165, 1.54) is 18.4 Å². The Kier molecular flexibility index (Phi) is 3.31. The summed E-state index contributed by atoms with van der Waals surface area (Å²) in [4.78, 5) is 12.5. The molecule has 102 valence electrons. The highest BCUT2D eigenvalue weighted by atomic mass is 16.2. The number of carbonyl (C=O) groups is 1. The first-order chi connectivity index (χ1) is 9.19. The summed E-state index contributed by atoms with van der Waals surface area (Å²) >= 11 is 0. The van der Waals surface area contributed by atoms with Crippen molar-refractivity contribution in [1.82, 2.24) is 10.6 Å². The fraction of sp³-hybridized carbons (Fsp3) is 0.562. The summed E-state index contributed by atoms with van der Waals surface area (Å²) in [7, 11) is 0. The van der Waals surface area contributed by atoms with Gasteiger partial charge in [-0.1, -0.05) is 30.3 Å². The Labute approximate surface area is 114 Å². The van der Waals surface area contributed by atoms with Gasteiger partial charge in [0.25, 0.3) is 0 Å². The highest BCUT2D eigenvalue weighted by molar-refractivity contribution is 5.83. The summed E-state index contributed by atoms with van der Waals surface area (Å²) in [5.41, 5.74) is 1.01. The van der Waals surface area contributed by atoms with Crippen LogP contribution in [0.15, 0.2) is 30.3 Å². The molecule has 2 fully saturated rings. The molecule has 1 saturated carbocycles. The van der Waals surface area contributed by atoms with Crippen molar-refractivity contribution in [2.45, 2.75) is 32.2 Å². The van der Waals surface area contributed by atoms with Crippen LogP contribution in [-0.2, 0) is 4.79 Å². The normalized spacial score (nSPS) is 28.1. The first kappa shape index (κ1) is 12.7. The second-order valence-electron chi connectivity index (χ2n) is 6.19. The number of amides is 1. The lowest BCUT2D eigenvalue weighted by Gasteiger charge is -2.26. The van der Waals surface area contributed by atoms with Crippen molar-refractivity contribution in [3.8, 4) is 0 Å². The Morgan fingerprint density at radius 2 is 2.11 bits per heavy atom. The van der Waals surface area contributed by atoms with E-state index < -0.39 is 0 Å². The number of hydrogen-bond donors (Lipinski definition) is 2. The molecule has 2 aliphatic rings. The number of nitrogens with one attached hydrogen (secondary N) is 2. The predicted octanol–water partition coefficient (Wildman–Crippen LogP) is 2.25. The molecule has 0 aromatic heterocycles. The molecule has 3 rings (SSSR count). The Balaban J connectivity index is 1.74. The van der Waals surface area contributed by atoms with E-state index in [9.17, 15) is 4.79 Å². The van der Waals surface area contributed by atoms with Crippen LogP contribution in [0.1, 0.15) is 37.8 Å². The van der Waals surface area contributed by atoms with Crippen molar-refractivity contribution < 1.29 is 4.79 Å². The van der Waals surface area contributed by atoms with E-state index in [0.29, 0.717) is 5.92 Å². The Morgan fingerprint density at radius 3 is 2.68 bits per heavy atom. The summed E-state index contributed by atoms with van der Waals surface area (Å²) in [5.74, 6) is 0.836. The lowest BCUT2D eigenvalue weighted by atomic mass is 9.88. The third-order valence-electron chi connectivity index (χ3n) is 4.46. The smallest absolute Gasteiger partial charge is 0.227 e. The SMILES string of the molecule is CC1(C(=O)NC(c2ccccc2)C2CC2)CCNC1. The molecular formula is C16H22N2O. The molecule has 1 aliphatic heterocycles. The minimum atomic E-state index is -0.234. The molecule has 1 aromatic carbocycles. The first-order valence-corrected chi connectivity index (χ1v) is 7.26. The number of hydrogen-bond acceptors (Lipinski definition) is 2. The summed E-state index contributed by atoms with van der Waals surface area (Å²) in [6.45, 7) is 3.81. The van der Waals surface area contributed by atoms with Gasteiger partial charge >= 0.3 is 0 Å². The third kappa shape index (κ3) is 2.66. The maximum atomic E-state index is 12.5. The molecule has 0 bridgehead atoms. The Hall–Kier alpha value is -1.35. The van der Waals surface area contributed by atoms with E-state index in [2.05, 4.69) is 41.8 Å². The van der Waals surface area contributed by atoms with E-state index in [-0.39, 0.29) is 17.4 Å². The fourth-order valence-corrected chi connectivity index (χ4v) is 2.89. The zero-order valence-corrected chi connectivity index (χ0v) is 11.5. The molecule has 19 heavy (non-hydrogen) atoms. The Bertz CT molecular complexity index is 447. The van der Waals surface area contributed by atoms with Crippen molar-refractivity contribution in [3.05, 3.63) is 35.9 Å². The van der Waals surface area contributed by atoms with Crippen LogP contribution in [0.3, 0.4) is 0 Å². The van der Waals surface area contributed by atoms with Gasteiger partial charge in [-0.2, -0.15) is 0 Å². The van der Waals surface area contributed by atoms with Crippen LogP contribution in [0.4, 0.5) is 0 Å². The van der Waals surface area contributed by atoms with Gasteiger partial charge in [-0.25, -0.2) is 0 Å². The van der Waals surface area contributed by atoms with Gasteiger partial charge in [0.05, 0.1) is 11.5 Å². The molecule has 1 aliphatic carbocycles. The maximum absolute atomic E-state index is 12.5. The highest BCUT2D eigenvalue weighted by Gasteiger charge is 2.40. The second kappa shape index (κ2) is 4.97. The summed E-state index contributed by atoms with van der Waals surface area (Å²) in [6.07, 6.45) is 3.40. The predicted molar refractivity (Wildman–Crippen MR) is 75.6 cm³/mol. The van der Waals surface area contributed by atoms with Crippen LogP contribution in [0.2, 0.25) is 0 Å². The van der Waals surface area contributed by atoms with Crippen molar-refractivity contribution in [2.75, 3.05) is 13.1 Å². The van der Waals surface area contributed by atoms with E-state index in [1.54, 1.807) is 0 Å². The summed E-state index contributed by atoms with van der Waals surface area (Å²) < 4.78 is 0. The minimum absolute atomic E-state index is 0.200. The maximum Gasteiger partial charge on any atom is 0.227 e. The molecule has 2 unspecified atom stereocenters. The van der Waals surface area contributed by atoms with Crippen LogP contribution in [0, 0.1) is 11.3 Å². The van der Waals surface area contributed by atoms with E-state index in [4.69, 9.17) is 0 Å². The van der Waals surface area contributed by atoms with E-state index in [1.807, 2.05) is 6.07 Å². The number of carbonyl (C=O) groups excluding carboxylic acids is 1. The average Bonchev–Trinajstić information content (AvgIpc) is 3.18. The van der Waals surface area contributed by atoms with Gasteiger partial charge in [0.2, 0.25) is 5.91 Å². The summed E-state index contributed by atoms with van der Waals surface area (Å²) in [6, 6.07) is 10.6. The zero-order chi connectivity index (χ0) is 13.3. The monoisotopic (exact) mass is 258 g/mol. The molecule has 2 N–H and O–H groups in total. The van der Waals surface area contributed by atoms with Crippen molar-refractivity contribution in [2.24, 2.45) is 11.3 Å². The number of rotatable bonds is 4. The third-order valence-corrected chi connectivity index (χ3v) is 4.46. The molecule has 1 aromatic rings. The highest BCUT2D eigenvalue weighted by Crippen LogP contribution is 2.41. The number of benzene rings is 1. The van der Waals surface area contributed by atoms with Gasteiger partial charge in [0.15, 0.2) is 0 Å². The van der Waals surface area contributed by atoms with Crippen LogP contribution in [0.5, 0.6) is 0 Å². The van der Waals surface area contributed by atoms with Crippen molar-refractivity contribution in [3.63, 3.8) is 0 Å². The van der Waals surface area contributed by atoms with Gasteiger partial charge in [-0.05, 0) is 44.2 Å². The molecule has 0 spiro atoms. The van der Waals surface area contributed by atoms with E-state index in [0.717, 1.165) is 19.5 Å². The minimum Gasteiger partial charge on any atom is -0.349 e. The van der Waals surface area contributed by atoms with Gasteiger partial charge in [-0.3, -0.25) is 4.79 Å². The largest absolute Gasteiger partial charge is 0.349 e. The molecular weight excluding hydrogens is 236 g/mol. The first-order valence-electron chi connectivity index (χ1n) is 7.26. The van der Waals surface area contributed by atoms with Gasteiger partial charge in [0.1, 0.15) is 0 Å². The lowest BCUT2D eigenvalue weighted by Crippen LogP contribution is -2.42. The second-order valence-corrected chi connectivity index (χ2v) is 6.19. The van der Waals surface area contributed by atoms with Gasteiger partial charge < -0.3 is 10.6 Å². The van der Waals surface area contributed by atoms with Crippen LogP contribution in [0.25, 0.3) is 0 Å². The van der Waals surface area contributed by atoms with Crippen molar-refractivity contribution >= 4 is 5.91 Å². The lowest BCUT2D eigenvalue weighted by molar-refractivity contribution is -0.130. The molecule has 1 saturated heterocycles. The average molecular weight is 258 g/mol. The Morgan fingerprint density at radius 1 is 1.37 bits per heavy atom. The molecule has 3 heteroatoms. The molecule has 2 atom stereocenters. The van der Waals surface area contributed by atoms with Gasteiger partial charge in [0, 0.05) is 6.54 Å². The fourth-order valence-electron chi connectivity index (χ4n) is 2.89. The van der Waals surface area contributed by atoms with Crippen LogP contribution < -0.4 is 10.6 Å². The van der Waals surface area contributed by atoms with E-state index >= 15 is 0 Å².